The molecule has 0 aliphatic carbocycles. The third-order valence-corrected chi connectivity index (χ3v) is 4.08. The number of carboxylic acid groups (broad SMARTS) is 1. The van der Waals surface area contributed by atoms with Gasteiger partial charge in [0.2, 0.25) is 0 Å². The van der Waals surface area contributed by atoms with Crippen molar-refractivity contribution in [2.24, 2.45) is 0 Å². The summed E-state index contributed by atoms with van der Waals surface area (Å²) in [4.78, 5) is 11.3. The molecule has 1 aliphatic heterocycles. The number of para-hydroxylation sites is 1. The molecular weight excluding hydrogens is 257 g/mol. The van der Waals surface area contributed by atoms with Crippen LogP contribution in [0.25, 0.3) is 0 Å². The van der Waals surface area contributed by atoms with E-state index in [9.17, 15) is 9.90 Å². The van der Waals surface area contributed by atoms with Gasteiger partial charge in [0.25, 0.3) is 0 Å². The van der Waals surface area contributed by atoms with Crippen molar-refractivity contribution >= 4 is 24.2 Å². The maximum absolute atomic E-state index is 11.3. The van der Waals surface area contributed by atoms with Crippen LogP contribution in [0, 0.1) is 0 Å². The molecule has 0 amide bonds. The molecule has 0 aromatic heterocycles. The topological polar surface area (TPSA) is 67.8 Å². The number of nitrogens with one attached hydrogen (secondary N) is 1. The van der Waals surface area contributed by atoms with Crippen molar-refractivity contribution in [2.45, 2.75) is 38.9 Å². The molecular formula is C14H20BNO4. The van der Waals surface area contributed by atoms with E-state index in [4.69, 9.17) is 9.31 Å². The summed E-state index contributed by atoms with van der Waals surface area (Å²) < 4.78 is 11.9. The van der Waals surface area contributed by atoms with Crippen molar-refractivity contribution in [1.82, 2.24) is 0 Å². The van der Waals surface area contributed by atoms with Crippen molar-refractivity contribution in [2.75, 3.05) is 12.4 Å². The molecule has 1 saturated heterocycles. The molecule has 1 aromatic rings. The van der Waals surface area contributed by atoms with Gasteiger partial charge >= 0.3 is 13.1 Å². The van der Waals surface area contributed by atoms with Crippen LogP contribution >= 0.6 is 0 Å². The molecule has 108 valence electrons. The Morgan fingerprint density at radius 2 is 1.75 bits per heavy atom. The molecule has 0 atom stereocenters. The lowest BCUT2D eigenvalue weighted by molar-refractivity contribution is 0.00578. The molecule has 2 N–H and O–H groups in total. The second kappa shape index (κ2) is 4.79. The fourth-order valence-corrected chi connectivity index (χ4v) is 2.19. The Morgan fingerprint density at radius 3 is 2.20 bits per heavy atom. The van der Waals surface area contributed by atoms with Gasteiger partial charge in [0.15, 0.2) is 0 Å². The van der Waals surface area contributed by atoms with Gasteiger partial charge in [0.05, 0.1) is 16.8 Å². The maximum atomic E-state index is 11.3. The number of carboxylic acids is 1. The largest absolute Gasteiger partial charge is 0.496 e. The third-order valence-electron chi connectivity index (χ3n) is 4.08. The first kappa shape index (κ1) is 14.9. The van der Waals surface area contributed by atoms with E-state index in [0.717, 1.165) is 0 Å². The predicted octanol–water partition coefficient (Wildman–Crippen LogP) is 1.73. The summed E-state index contributed by atoms with van der Waals surface area (Å²) in [6.45, 7) is 7.86. The zero-order valence-corrected chi connectivity index (χ0v) is 12.5. The molecule has 1 heterocycles. The minimum absolute atomic E-state index is 0.208. The highest BCUT2D eigenvalue weighted by atomic mass is 16.7. The molecule has 0 spiro atoms. The molecule has 5 nitrogen and oxygen atoms in total. The van der Waals surface area contributed by atoms with E-state index in [-0.39, 0.29) is 5.56 Å². The first-order valence-electron chi connectivity index (χ1n) is 6.59. The van der Waals surface area contributed by atoms with Crippen LogP contribution in [0.5, 0.6) is 0 Å². The van der Waals surface area contributed by atoms with E-state index < -0.39 is 24.3 Å². The number of rotatable bonds is 3. The highest BCUT2D eigenvalue weighted by Gasteiger charge is 2.52. The molecule has 1 aliphatic rings. The van der Waals surface area contributed by atoms with Crippen molar-refractivity contribution in [3.63, 3.8) is 0 Å². The van der Waals surface area contributed by atoms with Gasteiger partial charge in [-0.05, 0) is 33.8 Å². The Hall–Kier alpha value is -1.53. The van der Waals surface area contributed by atoms with Crippen LogP contribution in [0.1, 0.15) is 38.1 Å². The Labute approximate surface area is 119 Å². The van der Waals surface area contributed by atoms with Crippen LogP contribution in [0.15, 0.2) is 18.2 Å². The van der Waals surface area contributed by atoms with Gasteiger partial charge in [0, 0.05) is 18.2 Å². The van der Waals surface area contributed by atoms with Crippen LogP contribution in [0.2, 0.25) is 0 Å². The summed E-state index contributed by atoms with van der Waals surface area (Å²) in [5.74, 6) is -0.979. The summed E-state index contributed by atoms with van der Waals surface area (Å²) in [5.41, 5.74) is 0.522. The van der Waals surface area contributed by atoms with Crippen molar-refractivity contribution in [3.8, 4) is 0 Å². The zero-order valence-electron chi connectivity index (χ0n) is 12.5. The summed E-state index contributed by atoms with van der Waals surface area (Å²) in [6, 6.07) is 5.08. The van der Waals surface area contributed by atoms with E-state index in [2.05, 4.69) is 5.32 Å². The van der Waals surface area contributed by atoms with Crippen LogP contribution in [0.3, 0.4) is 0 Å². The van der Waals surface area contributed by atoms with E-state index in [0.29, 0.717) is 11.2 Å². The maximum Gasteiger partial charge on any atom is 0.496 e. The van der Waals surface area contributed by atoms with Crippen molar-refractivity contribution in [1.29, 1.82) is 0 Å². The first-order valence-corrected chi connectivity index (χ1v) is 6.59. The van der Waals surface area contributed by atoms with E-state index in [1.54, 1.807) is 19.2 Å². The molecule has 0 unspecified atom stereocenters. The fourth-order valence-electron chi connectivity index (χ4n) is 2.19. The molecule has 0 saturated carbocycles. The third kappa shape index (κ3) is 2.29. The number of aromatic carboxylic acids is 1. The number of hydrogen-bond acceptors (Lipinski definition) is 4. The molecule has 2 rings (SSSR count). The Balaban J connectivity index is 2.45. The molecule has 0 bridgehead atoms. The van der Waals surface area contributed by atoms with E-state index in [1.165, 1.54) is 0 Å². The Morgan fingerprint density at radius 1 is 1.20 bits per heavy atom. The summed E-state index contributed by atoms with van der Waals surface area (Å²) >= 11 is 0. The standard InChI is InChI=1S/C14H20BNO4/c1-13(2)14(3,4)20-15(19-13)10-8-6-7-9(12(17)18)11(10)16-5/h6-8,16H,1-5H3,(H,17,18). The summed E-state index contributed by atoms with van der Waals surface area (Å²) in [5, 5.41) is 12.2. The normalized spacial score (nSPS) is 19.9. The van der Waals surface area contributed by atoms with Gasteiger partial charge in [-0.3, -0.25) is 0 Å². The van der Waals surface area contributed by atoms with Crippen LogP contribution < -0.4 is 10.8 Å². The van der Waals surface area contributed by atoms with Gasteiger partial charge in [-0.1, -0.05) is 12.1 Å². The van der Waals surface area contributed by atoms with Crippen molar-refractivity contribution < 1.29 is 19.2 Å². The first-order chi connectivity index (χ1) is 9.19. The van der Waals surface area contributed by atoms with Crippen LogP contribution in [-0.2, 0) is 9.31 Å². The van der Waals surface area contributed by atoms with Gasteiger partial charge in [-0.25, -0.2) is 4.79 Å². The average Bonchev–Trinajstić information content (AvgIpc) is 2.57. The minimum Gasteiger partial charge on any atom is -0.478 e. The predicted molar refractivity (Wildman–Crippen MR) is 78.7 cm³/mol. The quantitative estimate of drug-likeness (QED) is 0.823. The highest BCUT2D eigenvalue weighted by Crippen LogP contribution is 2.37. The summed E-state index contributed by atoms with van der Waals surface area (Å²) in [6.07, 6.45) is 0. The molecule has 20 heavy (non-hydrogen) atoms. The average molecular weight is 277 g/mol. The van der Waals surface area contributed by atoms with Gasteiger partial charge in [-0.2, -0.15) is 0 Å². The van der Waals surface area contributed by atoms with Gasteiger partial charge in [0.1, 0.15) is 0 Å². The molecule has 1 fully saturated rings. The number of carbonyl (C=O) groups is 1. The lowest BCUT2D eigenvalue weighted by Crippen LogP contribution is -2.41. The van der Waals surface area contributed by atoms with E-state index >= 15 is 0 Å². The minimum atomic E-state index is -0.979. The highest BCUT2D eigenvalue weighted by molar-refractivity contribution is 6.64. The number of benzene rings is 1. The van der Waals surface area contributed by atoms with Gasteiger partial charge < -0.3 is 19.7 Å². The zero-order chi connectivity index (χ0) is 15.1. The van der Waals surface area contributed by atoms with E-state index in [1.807, 2.05) is 33.8 Å². The SMILES string of the molecule is CNc1c(B2OC(C)(C)C(C)(C)O2)cccc1C(=O)O. The molecule has 6 heteroatoms. The second-order valence-electron chi connectivity index (χ2n) is 5.91. The van der Waals surface area contributed by atoms with Crippen LogP contribution in [0.4, 0.5) is 5.69 Å². The smallest absolute Gasteiger partial charge is 0.478 e. The Kier molecular flexibility index (Phi) is 3.56. The van der Waals surface area contributed by atoms with Crippen molar-refractivity contribution in [3.05, 3.63) is 23.8 Å². The number of hydrogen-bond donors (Lipinski definition) is 2. The second-order valence-corrected chi connectivity index (χ2v) is 5.91. The Bertz CT molecular complexity index is 526. The monoisotopic (exact) mass is 277 g/mol. The number of anilines is 1. The van der Waals surface area contributed by atoms with Gasteiger partial charge in [-0.15, -0.1) is 0 Å². The fraction of sp³-hybridized carbons (Fsp3) is 0.500. The molecule has 0 radical (unpaired) electrons. The lowest BCUT2D eigenvalue weighted by atomic mass is 9.76. The van der Waals surface area contributed by atoms with Crippen LogP contribution in [-0.4, -0.2) is 36.4 Å². The molecule has 1 aromatic carbocycles. The lowest BCUT2D eigenvalue weighted by Gasteiger charge is -2.32. The summed E-state index contributed by atoms with van der Waals surface area (Å²) in [7, 11) is 1.11.